The first kappa shape index (κ1) is 34.2. The Morgan fingerprint density at radius 1 is 0.447 bits per heavy atom. The maximum absolute atomic E-state index is 12.5. The van der Waals surface area contributed by atoms with Crippen molar-refractivity contribution >= 4 is 0 Å². The lowest BCUT2D eigenvalue weighted by atomic mass is 10.1. The van der Waals surface area contributed by atoms with Crippen molar-refractivity contribution in [3.63, 3.8) is 0 Å². The highest BCUT2D eigenvalue weighted by atomic mass is 16.3. The highest BCUT2D eigenvalue weighted by Gasteiger charge is 2.16. The van der Waals surface area contributed by atoms with Crippen molar-refractivity contribution in [2.75, 3.05) is 26.2 Å². The number of rotatable bonds is 8. The van der Waals surface area contributed by atoms with Crippen LogP contribution in [0.2, 0.25) is 0 Å². The largest absolute Gasteiger partial charge is 0.503 e. The summed E-state index contributed by atoms with van der Waals surface area (Å²) in [5.41, 5.74) is 2.97. The summed E-state index contributed by atoms with van der Waals surface area (Å²) < 4.78 is 3.14. The van der Waals surface area contributed by atoms with Gasteiger partial charge < -0.3 is 19.3 Å². The quantitative estimate of drug-likeness (QED) is 0.234. The minimum atomic E-state index is -0.304. The van der Waals surface area contributed by atoms with E-state index in [0.717, 1.165) is 48.4 Å². The molecule has 8 heteroatoms. The number of benzene rings is 2. The van der Waals surface area contributed by atoms with Crippen molar-refractivity contribution in [1.29, 1.82) is 0 Å². The van der Waals surface area contributed by atoms with Gasteiger partial charge in [0.15, 0.2) is 11.5 Å². The van der Waals surface area contributed by atoms with Gasteiger partial charge in [0.05, 0.1) is 13.1 Å². The summed E-state index contributed by atoms with van der Waals surface area (Å²) in [6, 6.07) is 23.4. The molecule has 0 aliphatic carbocycles. The van der Waals surface area contributed by atoms with Gasteiger partial charge in [-0.15, -0.1) is 0 Å². The molecular weight excluding hydrogens is 588 g/mol. The summed E-state index contributed by atoms with van der Waals surface area (Å²) in [5, 5.41) is 20.7. The Kier molecular flexibility index (Phi) is 12.9. The molecule has 0 unspecified atom stereocenters. The van der Waals surface area contributed by atoms with Crippen LogP contribution in [-0.4, -0.2) is 55.3 Å². The van der Waals surface area contributed by atoms with Gasteiger partial charge in [-0.05, 0) is 75.1 Å². The van der Waals surface area contributed by atoms with Crippen molar-refractivity contribution in [2.24, 2.45) is 0 Å². The van der Waals surface area contributed by atoms with Gasteiger partial charge in [-0.1, -0.05) is 92.8 Å². The van der Waals surface area contributed by atoms with Crippen LogP contribution >= 0.6 is 0 Å². The van der Waals surface area contributed by atoms with E-state index in [1.54, 1.807) is 21.5 Å². The van der Waals surface area contributed by atoms with E-state index in [1.165, 1.54) is 57.8 Å². The number of aromatic nitrogens is 2. The number of likely N-dealkylation sites (tertiary alicyclic amines) is 2. The van der Waals surface area contributed by atoms with E-state index in [0.29, 0.717) is 26.2 Å². The van der Waals surface area contributed by atoms with Gasteiger partial charge >= 0.3 is 0 Å². The lowest BCUT2D eigenvalue weighted by molar-refractivity contribution is 0.236. The molecule has 4 heterocycles. The number of aromatic hydroxyl groups is 2. The Bertz CT molecular complexity index is 1640. The smallest absolute Gasteiger partial charge is 0.293 e. The van der Waals surface area contributed by atoms with Crippen molar-refractivity contribution in [2.45, 2.75) is 84.0 Å². The van der Waals surface area contributed by atoms with Crippen LogP contribution in [0.5, 0.6) is 11.5 Å². The summed E-state index contributed by atoms with van der Waals surface area (Å²) in [5.74, 6) is -0.205. The average molecular weight is 639 g/mol. The van der Waals surface area contributed by atoms with E-state index in [1.807, 2.05) is 72.8 Å². The molecule has 2 aliphatic rings. The molecule has 8 nitrogen and oxygen atoms in total. The molecule has 0 bridgehead atoms. The second-order valence-corrected chi connectivity index (χ2v) is 13.0. The van der Waals surface area contributed by atoms with Crippen LogP contribution in [0.25, 0.3) is 0 Å². The normalized spacial score (nSPS) is 16.3. The van der Waals surface area contributed by atoms with Crippen LogP contribution < -0.4 is 11.1 Å². The van der Waals surface area contributed by atoms with Crippen LogP contribution in [0.4, 0.5) is 0 Å². The molecule has 2 aromatic carbocycles. The average Bonchev–Trinajstić information content (AvgIpc) is 3.35. The molecule has 2 aromatic heterocycles. The SMILES string of the molecule is O=c1c(O)c(CN2CCCCCC2)ccn1Cc1ccccc1.O=c1c(O)c(CN2CCCCCCC2)ccn1Cc1ccccc1. The molecule has 2 fully saturated rings. The first-order valence-electron chi connectivity index (χ1n) is 17.3. The van der Waals surface area contributed by atoms with Crippen molar-refractivity contribution in [3.8, 4) is 11.5 Å². The highest BCUT2D eigenvalue weighted by molar-refractivity contribution is 5.31. The van der Waals surface area contributed by atoms with Gasteiger partial charge in [0.25, 0.3) is 11.1 Å². The molecule has 0 saturated carbocycles. The Morgan fingerprint density at radius 3 is 1.15 bits per heavy atom. The van der Waals surface area contributed by atoms with E-state index in [9.17, 15) is 19.8 Å². The summed E-state index contributed by atoms with van der Waals surface area (Å²) in [4.78, 5) is 29.5. The van der Waals surface area contributed by atoms with Gasteiger partial charge in [-0.3, -0.25) is 19.4 Å². The van der Waals surface area contributed by atoms with Gasteiger partial charge in [0, 0.05) is 36.6 Å². The maximum Gasteiger partial charge on any atom is 0.293 e. The zero-order chi connectivity index (χ0) is 32.8. The van der Waals surface area contributed by atoms with Crippen LogP contribution in [0.15, 0.2) is 94.8 Å². The molecule has 6 rings (SSSR count). The zero-order valence-corrected chi connectivity index (χ0v) is 27.6. The number of hydrogen-bond acceptors (Lipinski definition) is 6. The van der Waals surface area contributed by atoms with Crippen LogP contribution in [0.1, 0.15) is 80.0 Å². The van der Waals surface area contributed by atoms with Gasteiger partial charge in [-0.25, -0.2) is 0 Å². The molecule has 0 spiro atoms. The van der Waals surface area contributed by atoms with Crippen molar-refractivity contribution < 1.29 is 10.2 Å². The predicted molar refractivity (Wildman–Crippen MR) is 188 cm³/mol. The second-order valence-electron chi connectivity index (χ2n) is 13.0. The van der Waals surface area contributed by atoms with Gasteiger partial charge in [-0.2, -0.15) is 0 Å². The maximum atomic E-state index is 12.5. The first-order valence-corrected chi connectivity index (χ1v) is 17.3. The number of nitrogens with zero attached hydrogens (tertiary/aromatic N) is 4. The summed E-state index contributed by atoms with van der Waals surface area (Å²) >= 11 is 0. The standard InChI is InChI=1S/C20H26N2O2.C19H24N2O2/c23-19-18(16-21-12-7-2-1-3-8-13-21)11-14-22(20(19)24)15-17-9-5-4-6-10-17;22-18-17(15-20-11-6-1-2-7-12-20)10-13-21(19(18)23)14-16-8-4-3-5-9-16/h4-6,9-11,14,23H,1-3,7-8,12-13,15-16H2;3-5,8-10,13,22H,1-2,6-7,11-12,14-15H2. The molecule has 0 amide bonds. The molecule has 2 aliphatic heterocycles. The Morgan fingerprint density at radius 2 is 0.787 bits per heavy atom. The van der Waals surface area contributed by atoms with E-state index in [-0.39, 0.29) is 22.6 Å². The number of pyridine rings is 2. The molecule has 2 saturated heterocycles. The van der Waals surface area contributed by atoms with Crippen LogP contribution in [-0.2, 0) is 26.2 Å². The van der Waals surface area contributed by atoms with E-state index >= 15 is 0 Å². The topological polar surface area (TPSA) is 90.9 Å². The van der Waals surface area contributed by atoms with E-state index in [4.69, 9.17) is 0 Å². The lowest BCUT2D eigenvalue weighted by Crippen LogP contribution is -2.28. The zero-order valence-electron chi connectivity index (χ0n) is 27.6. The fraction of sp³-hybridized carbons (Fsp3) is 0.436. The Labute approximate surface area is 278 Å². The fourth-order valence-electron chi connectivity index (χ4n) is 6.51. The monoisotopic (exact) mass is 638 g/mol. The van der Waals surface area contributed by atoms with Crippen LogP contribution in [0, 0.1) is 0 Å². The van der Waals surface area contributed by atoms with Crippen molar-refractivity contribution in [1.82, 2.24) is 18.9 Å². The van der Waals surface area contributed by atoms with Crippen molar-refractivity contribution in [3.05, 3.63) is 128 Å². The third kappa shape index (κ3) is 10.2. The summed E-state index contributed by atoms with van der Waals surface area (Å²) in [6.07, 6.45) is 14.8. The molecule has 250 valence electrons. The third-order valence-electron chi connectivity index (χ3n) is 9.27. The minimum absolute atomic E-state index is 0.101. The number of hydrogen-bond donors (Lipinski definition) is 2. The molecular formula is C39H50N4O4. The molecule has 0 atom stereocenters. The van der Waals surface area contributed by atoms with E-state index < -0.39 is 0 Å². The molecule has 0 radical (unpaired) electrons. The summed E-state index contributed by atoms with van der Waals surface area (Å²) in [7, 11) is 0. The molecule has 2 N–H and O–H groups in total. The van der Waals surface area contributed by atoms with Gasteiger partial charge in [0.1, 0.15) is 0 Å². The minimum Gasteiger partial charge on any atom is -0.503 e. The van der Waals surface area contributed by atoms with Crippen LogP contribution in [0.3, 0.4) is 0 Å². The Hall–Kier alpha value is -4.14. The molecule has 47 heavy (non-hydrogen) atoms. The molecule has 4 aromatic rings. The van der Waals surface area contributed by atoms with Gasteiger partial charge in [0.2, 0.25) is 0 Å². The second kappa shape index (κ2) is 17.7. The Balaban J connectivity index is 0.000000185. The van der Waals surface area contributed by atoms with E-state index in [2.05, 4.69) is 9.80 Å². The highest BCUT2D eigenvalue weighted by Crippen LogP contribution is 2.19. The predicted octanol–water partition coefficient (Wildman–Crippen LogP) is 6.35. The third-order valence-corrected chi connectivity index (χ3v) is 9.27. The summed E-state index contributed by atoms with van der Waals surface area (Å²) in [6.45, 7) is 6.48. The fourth-order valence-corrected chi connectivity index (χ4v) is 6.51. The lowest BCUT2D eigenvalue weighted by Gasteiger charge is -2.24. The first-order chi connectivity index (χ1) is 23.0.